The van der Waals surface area contributed by atoms with Crippen molar-refractivity contribution in [2.75, 3.05) is 23.3 Å². The van der Waals surface area contributed by atoms with Crippen LogP contribution in [0.2, 0.25) is 0 Å². The van der Waals surface area contributed by atoms with Crippen LogP contribution in [0.15, 0.2) is 30.3 Å². The number of rotatable bonds is 2. The summed E-state index contributed by atoms with van der Waals surface area (Å²) in [6.07, 6.45) is 1.32. The molecule has 5 nitrogen and oxygen atoms in total. The second kappa shape index (κ2) is 4.73. The van der Waals surface area contributed by atoms with Crippen molar-refractivity contribution in [2.45, 2.75) is 12.8 Å². The van der Waals surface area contributed by atoms with Crippen molar-refractivity contribution < 1.29 is 14.7 Å². The van der Waals surface area contributed by atoms with Crippen LogP contribution in [0.25, 0.3) is 10.8 Å². The number of amides is 1. The maximum absolute atomic E-state index is 12.0. The Kier molecular flexibility index (Phi) is 2.82. The van der Waals surface area contributed by atoms with E-state index >= 15 is 0 Å². The number of benzene rings is 2. The monoisotopic (exact) mass is 296 g/mol. The van der Waals surface area contributed by atoms with Crippen LogP contribution in [0.4, 0.5) is 11.4 Å². The predicted molar refractivity (Wildman–Crippen MR) is 84.5 cm³/mol. The summed E-state index contributed by atoms with van der Waals surface area (Å²) < 4.78 is 0. The van der Waals surface area contributed by atoms with E-state index in [-0.39, 0.29) is 11.8 Å². The molecule has 1 amide bonds. The molecule has 2 heterocycles. The molecule has 0 atom stereocenters. The van der Waals surface area contributed by atoms with Crippen molar-refractivity contribution in [2.24, 2.45) is 5.92 Å². The van der Waals surface area contributed by atoms with Gasteiger partial charge in [-0.05, 0) is 31.0 Å². The average molecular weight is 296 g/mol. The van der Waals surface area contributed by atoms with Gasteiger partial charge < -0.3 is 15.3 Å². The lowest BCUT2D eigenvalue weighted by molar-refractivity contribution is -0.142. The first-order valence-corrected chi connectivity index (χ1v) is 7.50. The summed E-state index contributed by atoms with van der Waals surface area (Å²) in [5, 5.41) is 14.0. The standard InChI is InChI=1S/C17H16N2O3/c20-16-12-3-1-2-11-14(5-4-13(18-16)15(11)12)19-8-6-10(7-9-19)17(21)22/h1-5,10H,6-9H2,(H,18,20)(H,21,22). The third-order valence-electron chi connectivity index (χ3n) is 4.70. The highest BCUT2D eigenvalue weighted by atomic mass is 16.4. The highest BCUT2D eigenvalue weighted by Gasteiger charge is 2.27. The summed E-state index contributed by atoms with van der Waals surface area (Å²) in [5.41, 5.74) is 2.66. The van der Waals surface area contributed by atoms with E-state index in [1.54, 1.807) is 0 Å². The fourth-order valence-electron chi connectivity index (χ4n) is 3.52. The second-order valence-corrected chi connectivity index (χ2v) is 5.91. The van der Waals surface area contributed by atoms with Gasteiger partial charge in [0.15, 0.2) is 0 Å². The molecule has 0 aliphatic carbocycles. The quantitative estimate of drug-likeness (QED) is 0.894. The fraction of sp³-hybridized carbons (Fsp3) is 0.294. The Balaban J connectivity index is 1.74. The van der Waals surface area contributed by atoms with Crippen LogP contribution in [-0.4, -0.2) is 30.1 Å². The molecule has 2 aliphatic heterocycles. The van der Waals surface area contributed by atoms with Crippen LogP contribution in [0.5, 0.6) is 0 Å². The number of anilines is 2. The number of piperidine rings is 1. The van der Waals surface area contributed by atoms with Crippen molar-refractivity contribution in [1.29, 1.82) is 0 Å². The summed E-state index contributed by atoms with van der Waals surface area (Å²) in [5.74, 6) is -0.992. The minimum atomic E-state index is -0.699. The van der Waals surface area contributed by atoms with Gasteiger partial charge in [0.05, 0.1) is 5.92 Å². The number of hydrogen-bond donors (Lipinski definition) is 2. The van der Waals surface area contributed by atoms with Crippen LogP contribution in [0.1, 0.15) is 23.2 Å². The summed E-state index contributed by atoms with van der Waals surface area (Å²) in [6, 6.07) is 9.74. The first-order valence-electron chi connectivity index (χ1n) is 7.50. The molecule has 0 saturated carbocycles. The van der Waals surface area contributed by atoms with Gasteiger partial charge in [0, 0.05) is 40.8 Å². The lowest BCUT2D eigenvalue weighted by Gasteiger charge is -2.32. The van der Waals surface area contributed by atoms with E-state index < -0.39 is 5.97 Å². The molecular formula is C17H16N2O3. The smallest absolute Gasteiger partial charge is 0.306 e. The molecule has 2 aliphatic rings. The van der Waals surface area contributed by atoms with Crippen molar-refractivity contribution in [3.05, 3.63) is 35.9 Å². The minimum absolute atomic E-state index is 0.0534. The lowest BCUT2D eigenvalue weighted by atomic mass is 9.95. The third-order valence-corrected chi connectivity index (χ3v) is 4.70. The molecule has 1 saturated heterocycles. The molecule has 112 valence electrons. The van der Waals surface area contributed by atoms with Crippen molar-refractivity contribution in [3.8, 4) is 0 Å². The number of carboxylic acid groups (broad SMARTS) is 1. The van der Waals surface area contributed by atoms with Gasteiger partial charge in [0.25, 0.3) is 5.91 Å². The first kappa shape index (κ1) is 13.1. The van der Waals surface area contributed by atoms with Crippen LogP contribution >= 0.6 is 0 Å². The molecular weight excluding hydrogens is 280 g/mol. The van der Waals surface area contributed by atoms with E-state index in [2.05, 4.69) is 10.2 Å². The van der Waals surface area contributed by atoms with E-state index in [1.165, 1.54) is 0 Å². The van der Waals surface area contributed by atoms with Gasteiger partial charge in [0.1, 0.15) is 0 Å². The maximum Gasteiger partial charge on any atom is 0.306 e. The van der Waals surface area contributed by atoms with Crippen molar-refractivity contribution in [1.82, 2.24) is 0 Å². The van der Waals surface area contributed by atoms with Gasteiger partial charge in [-0.25, -0.2) is 0 Å². The zero-order valence-corrected chi connectivity index (χ0v) is 12.0. The van der Waals surface area contributed by atoms with Crippen molar-refractivity contribution in [3.63, 3.8) is 0 Å². The minimum Gasteiger partial charge on any atom is -0.481 e. The third kappa shape index (κ3) is 1.85. The molecule has 0 bridgehead atoms. The molecule has 0 aromatic heterocycles. The van der Waals surface area contributed by atoms with Gasteiger partial charge in [-0.1, -0.05) is 12.1 Å². The number of carboxylic acids is 1. The van der Waals surface area contributed by atoms with E-state index in [1.807, 2.05) is 30.3 Å². The summed E-state index contributed by atoms with van der Waals surface area (Å²) in [7, 11) is 0. The molecule has 2 aromatic carbocycles. The number of aliphatic carboxylic acids is 1. The van der Waals surface area contributed by atoms with Crippen LogP contribution in [0.3, 0.4) is 0 Å². The van der Waals surface area contributed by atoms with E-state index in [4.69, 9.17) is 5.11 Å². The zero-order valence-electron chi connectivity index (χ0n) is 12.0. The SMILES string of the molecule is O=C1Nc2ccc(N3CCC(C(=O)O)CC3)c3cccc1c23. The molecule has 0 radical (unpaired) electrons. The Bertz CT molecular complexity index is 792. The van der Waals surface area contributed by atoms with Crippen molar-refractivity contribution >= 4 is 34.0 Å². The number of nitrogens with one attached hydrogen (secondary N) is 1. The van der Waals surface area contributed by atoms with Gasteiger partial charge in [0.2, 0.25) is 0 Å². The van der Waals surface area contributed by atoms with Crippen LogP contribution in [-0.2, 0) is 4.79 Å². The highest BCUT2D eigenvalue weighted by molar-refractivity contribution is 6.25. The molecule has 2 N–H and O–H groups in total. The number of nitrogens with zero attached hydrogens (tertiary/aromatic N) is 1. The number of hydrogen-bond acceptors (Lipinski definition) is 3. The highest BCUT2D eigenvalue weighted by Crippen LogP contribution is 2.39. The molecule has 0 spiro atoms. The first-order chi connectivity index (χ1) is 10.6. The number of carbonyl (C=O) groups excluding carboxylic acids is 1. The molecule has 0 unspecified atom stereocenters. The van der Waals surface area contributed by atoms with Crippen LogP contribution in [0, 0.1) is 5.92 Å². The average Bonchev–Trinajstić information content (AvgIpc) is 2.86. The maximum atomic E-state index is 12.0. The van der Waals surface area contributed by atoms with E-state index in [9.17, 15) is 9.59 Å². The molecule has 4 rings (SSSR count). The topological polar surface area (TPSA) is 69.6 Å². The summed E-state index contributed by atoms with van der Waals surface area (Å²) >= 11 is 0. The molecule has 2 aromatic rings. The van der Waals surface area contributed by atoms with Gasteiger partial charge in [-0.15, -0.1) is 0 Å². The summed E-state index contributed by atoms with van der Waals surface area (Å²) in [4.78, 5) is 25.3. The van der Waals surface area contributed by atoms with Gasteiger partial charge in [-0.3, -0.25) is 9.59 Å². The Morgan fingerprint density at radius 3 is 2.68 bits per heavy atom. The summed E-state index contributed by atoms with van der Waals surface area (Å²) in [6.45, 7) is 1.47. The zero-order chi connectivity index (χ0) is 15.3. The van der Waals surface area contributed by atoms with Gasteiger partial charge >= 0.3 is 5.97 Å². The van der Waals surface area contributed by atoms with E-state index in [0.717, 1.165) is 40.8 Å². The lowest BCUT2D eigenvalue weighted by Crippen LogP contribution is -2.36. The Labute approximate surface area is 127 Å². The Hall–Kier alpha value is -2.56. The molecule has 5 heteroatoms. The molecule has 1 fully saturated rings. The normalized spacial score (nSPS) is 17.8. The van der Waals surface area contributed by atoms with E-state index in [0.29, 0.717) is 12.8 Å². The number of carbonyl (C=O) groups is 2. The largest absolute Gasteiger partial charge is 0.481 e. The predicted octanol–water partition coefficient (Wildman–Crippen LogP) is 2.71. The van der Waals surface area contributed by atoms with Gasteiger partial charge in [-0.2, -0.15) is 0 Å². The molecule has 22 heavy (non-hydrogen) atoms. The second-order valence-electron chi connectivity index (χ2n) is 5.91. The fourth-order valence-corrected chi connectivity index (χ4v) is 3.52. The Morgan fingerprint density at radius 1 is 1.18 bits per heavy atom. The van der Waals surface area contributed by atoms with Crippen LogP contribution < -0.4 is 10.2 Å². The Morgan fingerprint density at radius 2 is 1.95 bits per heavy atom.